The van der Waals surface area contributed by atoms with Crippen LogP contribution in [0.2, 0.25) is 18.1 Å². The molecule has 6 nitrogen and oxygen atoms in total. The predicted molar refractivity (Wildman–Crippen MR) is 164 cm³/mol. The predicted octanol–water partition coefficient (Wildman–Crippen LogP) is 6.77. The van der Waals surface area contributed by atoms with E-state index in [2.05, 4.69) is 77.7 Å². The van der Waals surface area contributed by atoms with Crippen LogP contribution in [0.3, 0.4) is 0 Å². The number of aromatic nitrogens is 2. The van der Waals surface area contributed by atoms with Crippen LogP contribution in [-0.4, -0.2) is 54.2 Å². The number of hydrogen-bond donors (Lipinski definition) is 1. The molecule has 208 valence electrons. The molecule has 0 spiro atoms. The minimum atomic E-state index is -1.81. The molecule has 2 aliphatic heterocycles. The van der Waals surface area contributed by atoms with E-state index in [0.29, 0.717) is 12.6 Å². The summed E-state index contributed by atoms with van der Waals surface area (Å²) < 4.78 is 8.54. The Hall–Kier alpha value is -2.55. The van der Waals surface area contributed by atoms with E-state index >= 15 is 0 Å². The van der Waals surface area contributed by atoms with Crippen LogP contribution in [0.15, 0.2) is 58.6 Å². The number of hydrogen-bond acceptors (Lipinski definition) is 5. The smallest absolute Gasteiger partial charge is 0.258 e. The monoisotopic (exact) mass is 562 g/mol. The lowest BCUT2D eigenvalue weighted by atomic mass is 10.0. The first-order valence-corrected chi connectivity index (χ1v) is 18.0. The molecule has 1 unspecified atom stereocenters. The number of amides is 1. The van der Waals surface area contributed by atoms with Crippen LogP contribution in [0.25, 0.3) is 11.7 Å². The highest BCUT2D eigenvalue weighted by molar-refractivity contribution is 8.04. The Morgan fingerprint density at radius 3 is 2.72 bits per heavy atom. The van der Waals surface area contributed by atoms with Gasteiger partial charge in [-0.25, -0.2) is 4.98 Å². The van der Waals surface area contributed by atoms with E-state index in [9.17, 15) is 4.79 Å². The van der Waals surface area contributed by atoms with Crippen LogP contribution >= 0.6 is 11.8 Å². The highest BCUT2D eigenvalue weighted by Crippen LogP contribution is 2.37. The maximum absolute atomic E-state index is 13.1. The molecule has 2 aromatic heterocycles. The molecule has 3 aromatic rings. The molecule has 2 aliphatic rings. The van der Waals surface area contributed by atoms with Gasteiger partial charge in [0, 0.05) is 12.6 Å². The van der Waals surface area contributed by atoms with Gasteiger partial charge in [0.25, 0.3) is 5.91 Å². The molecule has 1 aromatic carbocycles. The zero-order valence-corrected chi connectivity index (χ0v) is 25.8. The lowest BCUT2D eigenvalue weighted by Crippen LogP contribution is -2.47. The average Bonchev–Trinajstić information content (AvgIpc) is 3.32. The zero-order chi connectivity index (χ0) is 27.6. The minimum absolute atomic E-state index is 0.00924. The highest BCUT2D eigenvalue weighted by atomic mass is 32.2. The third-order valence-corrected chi connectivity index (χ3v) is 13.9. The van der Waals surface area contributed by atoms with Gasteiger partial charge in [-0.2, -0.15) is 0 Å². The second kappa shape index (κ2) is 11.5. The second-order valence-corrected chi connectivity index (χ2v) is 18.1. The van der Waals surface area contributed by atoms with Gasteiger partial charge < -0.3 is 9.74 Å². The average molecular weight is 563 g/mol. The number of nitrogens with one attached hydrogen (secondary N) is 1. The van der Waals surface area contributed by atoms with Gasteiger partial charge in [-0.15, -0.1) is 0 Å². The number of piperidine rings is 1. The van der Waals surface area contributed by atoms with Crippen LogP contribution in [-0.2, 0) is 11.2 Å². The summed E-state index contributed by atoms with van der Waals surface area (Å²) in [6, 6.07) is 15.1. The molecule has 0 saturated carbocycles. The number of aryl methyl sites for hydroxylation is 1. The third-order valence-electron chi connectivity index (χ3n) is 8.50. The van der Waals surface area contributed by atoms with Gasteiger partial charge in [0.05, 0.1) is 21.8 Å². The summed E-state index contributed by atoms with van der Waals surface area (Å²) in [5, 5.41) is 4.47. The molecule has 39 heavy (non-hydrogen) atoms. The highest BCUT2D eigenvalue weighted by Gasteiger charge is 2.39. The Bertz CT molecular complexity index is 1340. The Labute approximate surface area is 238 Å². The van der Waals surface area contributed by atoms with Gasteiger partial charge in [-0.05, 0) is 92.8 Å². The fraction of sp³-hybridized carbons (Fsp3) is 0.484. The standard InChI is InChI=1S/C31H42N4O2SSi/c1-31(2,3)39(4,5)37-26-16-14-23(15-17-26)10-9-19-34-18-7-6-11-24(34)21-33-30(36)27-20-25-22-32-28-12-8-13-29(38-27)35(25)28/h8,12-17,20,22,24H,6-7,9-11,18-19,21H2,1-5H3,(H,33,36). The quantitative estimate of drug-likeness (QED) is 0.292. The van der Waals surface area contributed by atoms with Crippen molar-refractivity contribution in [2.45, 2.75) is 82.1 Å². The summed E-state index contributed by atoms with van der Waals surface area (Å²) in [7, 11) is -1.81. The zero-order valence-electron chi connectivity index (χ0n) is 24.0. The number of imidazole rings is 1. The first-order valence-electron chi connectivity index (χ1n) is 14.3. The molecule has 4 heterocycles. The van der Waals surface area contributed by atoms with E-state index in [-0.39, 0.29) is 10.9 Å². The van der Waals surface area contributed by atoms with Gasteiger partial charge in [0.15, 0.2) is 0 Å². The Balaban J connectivity index is 1.11. The van der Waals surface area contributed by atoms with Gasteiger partial charge in [0.1, 0.15) is 11.4 Å². The van der Waals surface area contributed by atoms with E-state index in [1.807, 2.05) is 30.5 Å². The summed E-state index contributed by atoms with van der Waals surface area (Å²) in [5.74, 6) is 1.000. The Morgan fingerprint density at radius 1 is 1.15 bits per heavy atom. The Morgan fingerprint density at radius 2 is 1.95 bits per heavy atom. The van der Waals surface area contributed by atoms with Gasteiger partial charge >= 0.3 is 0 Å². The summed E-state index contributed by atoms with van der Waals surface area (Å²) in [5.41, 5.74) is 3.23. The first kappa shape index (κ1) is 28.0. The fourth-order valence-corrected chi connectivity index (χ4v) is 7.18. The topological polar surface area (TPSA) is 58.9 Å². The van der Waals surface area contributed by atoms with Crippen LogP contribution in [0.4, 0.5) is 0 Å². The minimum Gasteiger partial charge on any atom is -0.544 e. The van der Waals surface area contributed by atoms with Crippen molar-refractivity contribution in [2.24, 2.45) is 0 Å². The van der Waals surface area contributed by atoms with Gasteiger partial charge in [-0.1, -0.05) is 57.2 Å². The largest absolute Gasteiger partial charge is 0.544 e. The number of benzene rings is 1. The molecule has 0 bridgehead atoms. The van der Waals surface area contributed by atoms with E-state index in [4.69, 9.17) is 4.43 Å². The third kappa shape index (κ3) is 6.44. The van der Waals surface area contributed by atoms with Crippen LogP contribution < -0.4 is 9.74 Å². The van der Waals surface area contributed by atoms with Crippen molar-refractivity contribution in [3.05, 3.63) is 64.8 Å². The lowest BCUT2D eigenvalue weighted by Gasteiger charge is -2.36. The molecular formula is C31H42N4O2SSi. The maximum atomic E-state index is 13.1. The molecule has 1 amide bonds. The van der Waals surface area contributed by atoms with E-state index in [1.54, 1.807) is 0 Å². The number of nitrogens with zero attached hydrogens (tertiary/aromatic N) is 3. The molecule has 0 aliphatic carbocycles. The normalized spacial score (nSPS) is 18.2. The number of rotatable bonds is 9. The second-order valence-electron chi connectivity index (χ2n) is 12.4. The van der Waals surface area contributed by atoms with Gasteiger partial charge in [0.2, 0.25) is 8.32 Å². The van der Waals surface area contributed by atoms with E-state index in [0.717, 1.165) is 59.4 Å². The van der Waals surface area contributed by atoms with Crippen molar-refractivity contribution in [1.82, 2.24) is 19.6 Å². The molecule has 1 fully saturated rings. The number of carbonyl (C=O) groups is 1. The number of likely N-dealkylation sites (tertiary alicyclic amines) is 1. The molecule has 1 N–H and O–H groups in total. The molecule has 8 heteroatoms. The fourth-order valence-electron chi connectivity index (χ4n) is 5.14. The SMILES string of the molecule is CC(C)(C)[Si](C)(C)Oc1ccc(CCCN2CCCCC2CNC(=O)C2=Cc3cnc4cccc(n34)S2)cc1. The number of thioether (sulfide) groups is 1. The lowest BCUT2D eigenvalue weighted by molar-refractivity contribution is -0.117. The number of pyridine rings is 1. The molecular weight excluding hydrogens is 521 g/mol. The molecule has 1 atom stereocenters. The van der Waals surface area contributed by atoms with Crippen LogP contribution in [0.5, 0.6) is 5.75 Å². The van der Waals surface area contributed by atoms with Crippen molar-refractivity contribution in [2.75, 3.05) is 19.6 Å². The van der Waals surface area contributed by atoms with E-state index < -0.39 is 8.32 Å². The van der Waals surface area contributed by atoms with Crippen molar-refractivity contribution >= 4 is 37.7 Å². The van der Waals surface area contributed by atoms with Crippen molar-refractivity contribution < 1.29 is 9.22 Å². The summed E-state index contributed by atoms with van der Waals surface area (Å²) >= 11 is 1.52. The van der Waals surface area contributed by atoms with Crippen molar-refractivity contribution in [3.8, 4) is 5.75 Å². The van der Waals surface area contributed by atoms with Crippen molar-refractivity contribution in [3.63, 3.8) is 0 Å². The molecule has 0 radical (unpaired) electrons. The first-order chi connectivity index (χ1) is 18.6. The van der Waals surface area contributed by atoms with E-state index in [1.165, 1.54) is 30.2 Å². The summed E-state index contributed by atoms with van der Waals surface area (Å²) in [4.78, 5) is 20.9. The van der Waals surface area contributed by atoms with Crippen LogP contribution in [0, 0.1) is 0 Å². The summed E-state index contributed by atoms with van der Waals surface area (Å²) in [6.07, 6.45) is 9.56. The Kier molecular flexibility index (Phi) is 8.26. The van der Waals surface area contributed by atoms with Gasteiger partial charge in [-0.3, -0.25) is 14.1 Å². The van der Waals surface area contributed by atoms with Crippen LogP contribution in [0.1, 0.15) is 57.7 Å². The number of carbonyl (C=O) groups excluding carboxylic acids is 1. The van der Waals surface area contributed by atoms with Crippen molar-refractivity contribution in [1.29, 1.82) is 0 Å². The maximum Gasteiger partial charge on any atom is 0.258 e. The molecule has 5 rings (SSSR count). The summed E-state index contributed by atoms with van der Waals surface area (Å²) in [6.45, 7) is 14.3. The molecule has 1 saturated heterocycles.